The largest absolute Gasteiger partial charge is 0.497 e. The summed E-state index contributed by atoms with van der Waals surface area (Å²) in [6.45, 7) is 0.476. The predicted octanol–water partition coefficient (Wildman–Crippen LogP) is 3.50. The number of carbonyl (C=O) groups excluding carboxylic acids is 2. The Hall–Kier alpha value is -2.69. The molecule has 0 aliphatic carbocycles. The first kappa shape index (κ1) is 25.4. The number of rotatable bonds is 8. The van der Waals surface area contributed by atoms with Crippen molar-refractivity contribution in [2.75, 3.05) is 25.2 Å². The molecule has 7 nitrogen and oxygen atoms in total. The van der Waals surface area contributed by atoms with Crippen molar-refractivity contribution in [3.8, 4) is 5.75 Å². The summed E-state index contributed by atoms with van der Waals surface area (Å²) in [5.74, 6) is 0.354. The van der Waals surface area contributed by atoms with Gasteiger partial charge in [-0.1, -0.05) is 66.4 Å². The molecule has 2 aromatic carbocycles. The molecule has 2 amide bonds. The van der Waals surface area contributed by atoms with Crippen LogP contribution in [0.3, 0.4) is 0 Å². The topological polar surface area (TPSA) is 84.0 Å². The molecule has 2 aliphatic rings. The SMILES string of the molecule is COc1ccc(/C=C2\SC(=S)N(CCC(=O)N(Cc3ccccc3)[C@H]3CCS(=O)(=O)C3)C2=O)cc1. The number of ether oxygens (including phenoxy) is 1. The number of benzene rings is 2. The van der Waals surface area contributed by atoms with Gasteiger partial charge in [-0.05, 0) is 35.8 Å². The molecule has 2 aliphatic heterocycles. The molecule has 4 rings (SSSR count). The first-order valence-electron chi connectivity index (χ1n) is 11.2. The van der Waals surface area contributed by atoms with Crippen molar-refractivity contribution in [1.82, 2.24) is 9.80 Å². The Morgan fingerprint density at radius 3 is 2.54 bits per heavy atom. The van der Waals surface area contributed by atoms with Gasteiger partial charge in [0.05, 0.1) is 23.5 Å². The summed E-state index contributed by atoms with van der Waals surface area (Å²) in [5.41, 5.74) is 1.78. The minimum Gasteiger partial charge on any atom is -0.497 e. The quantitative estimate of drug-likeness (QED) is 0.382. The first-order chi connectivity index (χ1) is 16.8. The van der Waals surface area contributed by atoms with E-state index in [1.807, 2.05) is 54.6 Å². The second-order valence-corrected chi connectivity index (χ2v) is 12.3. The van der Waals surface area contributed by atoms with Crippen LogP contribution in [0.4, 0.5) is 0 Å². The van der Waals surface area contributed by atoms with E-state index in [-0.39, 0.29) is 42.3 Å². The van der Waals surface area contributed by atoms with Crippen molar-refractivity contribution < 1.29 is 22.7 Å². The molecule has 1 atom stereocenters. The average molecular weight is 531 g/mol. The third-order valence-electron chi connectivity index (χ3n) is 6.00. The Bertz CT molecular complexity index is 1240. The van der Waals surface area contributed by atoms with E-state index in [2.05, 4.69) is 0 Å². The Kier molecular flexibility index (Phi) is 7.93. The van der Waals surface area contributed by atoms with Gasteiger partial charge >= 0.3 is 0 Å². The van der Waals surface area contributed by atoms with Crippen LogP contribution in [0.1, 0.15) is 24.0 Å². The first-order valence-corrected chi connectivity index (χ1v) is 14.2. The van der Waals surface area contributed by atoms with Gasteiger partial charge in [0.2, 0.25) is 5.91 Å². The Morgan fingerprint density at radius 1 is 1.20 bits per heavy atom. The minimum atomic E-state index is -3.15. The summed E-state index contributed by atoms with van der Waals surface area (Å²) in [4.78, 5) is 29.8. The summed E-state index contributed by atoms with van der Waals surface area (Å²) in [5, 5.41) is 0. The van der Waals surface area contributed by atoms with Crippen LogP contribution >= 0.6 is 24.0 Å². The van der Waals surface area contributed by atoms with Gasteiger partial charge in [0.1, 0.15) is 10.1 Å². The van der Waals surface area contributed by atoms with Crippen LogP contribution in [-0.2, 0) is 26.0 Å². The molecule has 0 unspecified atom stereocenters. The second-order valence-electron chi connectivity index (χ2n) is 8.42. The molecule has 0 aromatic heterocycles. The summed E-state index contributed by atoms with van der Waals surface area (Å²) in [6, 6.07) is 16.5. The molecule has 0 bridgehead atoms. The Balaban J connectivity index is 1.44. The maximum atomic E-state index is 13.3. The van der Waals surface area contributed by atoms with Crippen LogP contribution in [0.2, 0.25) is 0 Å². The fourth-order valence-corrected chi connectivity index (χ4v) is 7.16. The van der Waals surface area contributed by atoms with E-state index in [1.165, 1.54) is 16.7 Å². The number of carbonyl (C=O) groups is 2. The van der Waals surface area contributed by atoms with Crippen LogP contribution in [0.25, 0.3) is 6.08 Å². The summed E-state index contributed by atoms with van der Waals surface area (Å²) in [7, 11) is -1.56. The van der Waals surface area contributed by atoms with Crippen molar-refractivity contribution in [3.63, 3.8) is 0 Å². The lowest BCUT2D eigenvalue weighted by Gasteiger charge is -2.29. The third kappa shape index (κ3) is 6.31. The third-order valence-corrected chi connectivity index (χ3v) is 9.13. The molecule has 2 aromatic rings. The van der Waals surface area contributed by atoms with Crippen molar-refractivity contribution in [2.45, 2.75) is 25.4 Å². The van der Waals surface area contributed by atoms with Gasteiger partial charge in [0.15, 0.2) is 9.84 Å². The highest BCUT2D eigenvalue weighted by atomic mass is 32.2. The van der Waals surface area contributed by atoms with Gasteiger partial charge < -0.3 is 9.64 Å². The smallest absolute Gasteiger partial charge is 0.266 e. The van der Waals surface area contributed by atoms with E-state index in [4.69, 9.17) is 17.0 Å². The molecule has 2 fully saturated rings. The fourth-order valence-electron chi connectivity index (χ4n) is 4.12. The number of thioether (sulfide) groups is 1. The molecule has 35 heavy (non-hydrogen) atoms. The number of nitrogens with zero attached hydrogens (tertiary/aromatic N) is 2. The van der Waals surface area contributed by atoms with Crippen LogP contribution in [0.5, 0.6) is 5.75 Å². The van der Waals surface area contributed by atoms with Crippen LogP contribution < -0.4 is 4.74 Å². The predicted molar refractivity (Wildman–Crippen MR) is 142 cm³/mol. The maximum Gasteiger partial charge on any atom is 0.266 e. The van der Waals surface area contributed by atoms with E-state index >= 15 is 0 Å². The van der Waals surface area contributed by atoms with Gasteiger partial charge in [-0.2, -0.15) is 0 Å². The molecule has 0 radical (unpaired) electrons. The van der Waals surface area contributed by atoms with Crippen molar-refractivity contribution in [2.24, 2.45) is 0 Å². The zero-order chi connectivity index (χ0) is 25.0. The van der Waals surface area contributed by atoms with E-state index in [0.717, 1.165) is 16.9 Å². The number of hydrogen-bond acceptors (Lipinski definition) is 7. The molecule has 184 valence electrons. The van der Waals surface area contributed by atoms with Crippen LogP contribution in [-0.4, -0.2) is 65.6 Å². The minimum absolute atomic E-state index is 0.0305. The normalized spacial score (nSPS) is 20.4. The van der Waals surface area contributed by atoms with E-state index in [1.54, 1.807) is 18.1 Å². The van der Waals surface area contributed by atoms with Crippen molar-refractivity contribution in [1.29, 1.82) is 0 Å². The van der Waals surface area contributed by atoms with E-state index < -0.39 is 9.84 Å². The molecule has 2 saturated heterocycles. The lowest BCUT2D eigenvalue weighted by Crippen LogP contribution is -2.42. The highest BCUT2D eigenvalue weighted by molar-refractivity contribution is 8.26. The van der Waals surface area contributed by atoms with Gasteiger partial charge in [0, 0.05) is 25.6 Å². The van der Waals surface area contributed by atoms with Crippen LogP contribution in [0.15, 0.2) is 59.5 Å². The Morgan fingerprint density at radius 2 is 1.91 bits per heavy atom. The molecule has 0 N–H and O–H groups in total. The molecule has 2 heterocycles. The number of amides is 2. The molecule has 10 heteroatoms. The Labute approximate surface area is 215 Å². The highest BCUT2D eigenvalue weighted by Gasteiger charge is 2.36. The van der Waals surface area contributed by atoms with E-state index in [0.29, 0.717) is 22.2 Å². The van der Waals surface area contributed by atoms with Crippen molar-refractivity contribution >= 4 is 56.0 Å². The van der Waals surface area contributed by atoms with Crippen molar-refractivity contribution in [3.05, 3.63) is 70.6 Å². The lowest BCUT2D eigenvalue weighted by molar-refractivity contribution is -0.134. The van der Waals surface area contributed by atoms with E-state index in [9.17, 15) is 18.0 Å². The number of sulfone groups is 1. The molecular weight excluding hydrogens is 504 g/mol. The van der Waals surface area contributed by atoms with Crippen LogP contribution in [0, 0.1) is 0 Å². The van der Waals surface area contributed by atoms with Gasteiger partial charge in [-0.15, -0.1) is 0 Å². The summed E-state index contributed by atoms with van der Waals surface area (Å²) in [6.07, 6.45) is 2.25. The zero-order valence-electron chi connectivity index (χ0n) is 19.3. The number of methoxy groups -OCH3 is 1. The lowest BCUT2D eigenvalue weighted by atomic mass is 10.1. The molecular formula is C25H26N2O5S3. The fraction of sp³-hybridized carbons (Fsp3) is 0.320. The van der Waals surface area contributed by atoms with Gasteiger partial charge in [0.25, 0.3) is 5.91 Å². The monoisotopic (exact) mass is 530 g/mol. The summed E-state index contributed by atoms with van der Waals surface area (Å²) < 4.78 is 29.7. The number of thiocarbonyl (C=S) groups is 1. The second kappa shape index (κ2) is 10.9. The average Bonchev–Trinajstić information content (AvgIpc) is 3.34. The van der Waals surface area contributed by atoms with Gasteiger partial charge in [-0.25, -0.2) is 8.42 Å². The van der Waals surface area contributed by atoms with Gasteiger partial charge in [-0.3, -0.25) is 14.5 Å². The summed E-state index contributed by atoms with van der Waals surface area (Å²) >= 11 is 6.62. The maximum absolute atomic E-state index is 13.3. The molecule has 0 saturated carbocycles. The highest BCUT2D eigenvalue weighted by Crippen LogP contribution is 2.33. The molecule has 0 spiro atoms. The zero-order valence-corrected chi connectivity index (χ0v) is 21.7. The standard InChI is InChI=1S/C25H26N2O5S3/c1-32-21-9-7-18(8-10-21)15-22-24(29)26(25(33)34-22)13-11-23(28)27(16-19-5-3-2-4-6-19)20-12-14-35(30,31)17-20/h2-10,15,20H,11-14,16-17H2,1H3/b22-15-/t20-/m0/s1. The number of hydrogen-bond donors (Lipinski definition) is 0.